The fourth-order valence-electron chi connectivity index (χ4n) is 1.77. The highest BCUT2D eigenvalue weighted by Gasteiger charge is 2.14. The van der Waals surface area contributed by atoms with Gasteiger partial charge in [-0.15, -0.1) is 0 Å². The highest BCUT2D eigenvalue weighted by Crippen LogP contribution is 2.14. The summed E-state index contributed by atoms with van der Waals surface area (Å²) in [5, 5.41) is 3.55. The summed E-state index contributed by atoms with van der Waals surface area (Å²) in [6.45, 7) is 0.373. The third-order valence-electron chi connectivity index (χ3n) is 2.72. The van der Waals surface area contributed by atoms with Gasteiger partial charge in [0.15, 0.2) is 0 Å². The minimum Gasteiger partial charge on any atom is -0.465 e. The average Bonchev–Trinajstić information content (AvgIpc) is 2.45. The van der Waals surface area contributed by atoms with Crippen LogP contribution in [0.4, 0.5) is 5.69 Å². The molecule has 2 aromatic rings. The van der Waals surface area contributed by atoms with E-state index in [0.29, 0.717) is 11.6 Å². The number of anilines is 1. The number of methoxy groups -OCH3 is 1. The predicted molar refractivity (Wildman–Crippen MR) is 77.2 cm³/mol. The molecule has 1 aromatic heterocycles. The zero-order chi connectivity index (χ0) is 14.5. The van der Waals surface area contributed by atoms with Crippen molar-refractivity contribution in [3.8, 4) is 0 Å². The van der Waals surface area contributed by atoms with Gasteiger partial charge in [0.2, 0.25) is 0 Å². The predicted octanol–water partition coefficient (Wildman–Crippen LogP) is 2.43. The smallest absolute Gasteiger partial charge is 0.340 e. The van der Waals surface area contributed by atoms with E-state index < -0.39 is 5.97 Å². The van der Waals surface area contributed by atoms with Gasteiger partial charge in [0.25, 0.3) is 5.56 Å². The van der Waals surface area contributed by atoms with Crippen LogP contribution in [0, 0.1) is 0 Å². The van der Waals surface area contributed by atoms with Crippen molar-refractivity contribution in [3.05, 3.63) is 63.0 Å². The van der Waals surface area contributed by atoms with Crippen molar-refractivity contribution in [1.82, 2.24) is 4.98 Å². The Morgan fingerprint density at radius 2 is 2.20 bits per heavy atom. The highest BCUT2D eigenvalue weighted by molar-refractivity contribution is 6.30. The van der Waals surface area contributed by atoms with Crippen LogP contribution in [0.25, 0.3) is 0 Å². The Morgan fingerprint density at radius 3 is 2.90 bits per heavy atom. The van der Waals surface area contributed by atoms with E-state index in [2.05, 4.69) is 15.0 Å². The SMILES string of the molecule is COC(=O)c1cc[nH]c(=O)c1NCc1cccc(Cl)c1. The van der Waals surface area contributed by atoms with Gasteiger partial charge in [-0.05, 0) is 23.8 Å². The van der Waals surface area contributed by atoms with Gasteiger partial charge < -0.3 is 15.0 Å². The number of rotatable bonds is 4. The number of pyridine rings is 1. The summed E-state index contributed by atoms with van der Waals surface area (Å²) in [7, 11) is 1.27. The van der Waals surface area contributed by atoms with E-state index in [4.69, 9.17) is 11.6 Å². The molecule has 0 aliphatic carbocycles. The highest BCUT2D eigenvalue weighted by atomic mass is 35.5. The Labute approximate surface area is 120 Å². The average molecular weight is 293 g/mol. The molecule has 0 saturated carbocycles. The molecule has 5 nitrogen and oxygen atoms in total. The molecule has 0 amide bonds. The van der Waals surface area contributed by atoms with Gasteiger partial charge in [0.1, 0.15) is 5.69 Å². The lowest BCUT2D eigenvalue weighted by molar-refractivity contribution is 0.0601. The molecule has 0 radical (unpaired) electrons. The van der Waals surface area contributed by atoms with Gasteiger partial charge in [-0.1, -0.05) is 23.7 Å². The standard InChI is InChI=1S/C14H13ClN2O3/c1-20-14(19)11-5-6-16-13(18)12(11)17-8-9-3-2-4-10(15)7-9/h2-7,17H,8H2,1H3,(H,16,18). The molecule has 0 saturated heterocycles. The molecule has 1 aromatic carbocycles. The first kappa shape index (κ1) is 14.1. The van der Waals surface area contributed by atoms with E-state index in [0.717, 1.165) is 5.56 Å². The lowest BCUT2D eigenvalue weighted by Crippen LogP contribution is -2.19. The molecule has 0 aliphatic heterocycles. The first-order valence-electron chi connectivity index (χ1n) is 5.90. The van der Waals surface area contributed by atoms with Crippen LogP contribution in [0.3, 0.4) is 0 Å². The molecular weight excluding hydrogens is 280 g/mol. The summed E-state index contributed by atoms with van der Waals surface area (Å²) in [4.78, 5) is 25.9. The van der Waals surface area contributed by atoms with Crippen LogP contribution in [0.5, 0.6) is 0 Å². The number of aromatic amines is 1. The third-order valence-corrected chi connectivity index (χ3v) is 2.96. The number of carbonyl (C=O) groups excluding carboxylic acids is 1. The van der Waals surface area contributed by atoms with E-state index >= 15 is 0 Å². The zero-order valence-corrected chi connectivity index (χ0v) is 11.5. The summed E-state index contributed by atoms with van der Waals surface area (Å²) in [5.74, 6) is -0.565. The molecule has 2 rings (SSSR count). The number of halogens is 1. The molecule has 0 aliphatic rings. The Hall–Kier alpha value is -2.27. The first-order chi connectivity index (χ1) is 9.61. The van der Waals surface area contributed by atoms with Crippen molar-refractivity contribution in [2.75, 3.05) is 12.4 Å². The Bertz CT molecular complexity index is 682. The van der Waals surface area contributed by atoms with Crippen molar-refractivity contribution in [2.24, 2.45) is 0 Å². The number of hydrogen-bond donors (Lipinski definition) is 2. The fourth-order valence-corrected chi connectivity index (χ4v) is 1.98. The largest absolute Gasteiger partial charge is 0.465 e. The molecular formula is C14H13ClN2O3. The summed E-state index contributed by atoms with van der Waals surface area (Å²) >= 11 is 5.89. The quantitative estimate of drug-likeness (QED) is 0.849. The maximum atomic E-state index is 11.8. The topological polar surface area (TPSA) is 71.2 Å². The number of nitrogens with one attached hydrogen (secondary N) is 2. The minimum atomic E-state index is -0.565. The molecule has 0 bridgehead atoms. The molecule has 0 fully saturated rings. The van der Waals surface area contributed by atoms with Gasteiger partial charge in [-0.2, -0.15) is 0 Å². The molecule has 0 atom stereocenters. The summed E-state index contributed by atoms with van der Waals surface area (Å²) in [6.07, 6.45) is 1.40. The summed E-state index contributed by atoms with van der Waals surface area (Å²) < 4.78 is 4.65. The second-order valence-corrected chi connectivity index (χ2v) is 4.51. The van der Waals surface area contributed by atoms with Crippen LogP contribution in [0.1, 0.15) is 15.9 Å². The van der Waals surface area contributed by atoms with Crippen molar-refractivity contribution >= 4 is 23.3 Å². The van der Waals surface area contributed by atoms with Crippen LogP contribution in [-0.4, -0.2) is 18.1 Å². The second-order valence-electron chi connectivity index (χ2n) is 4.07. The summed E-state index contributed by atoms with van der Waals surface area (Å²) in [6, 6.07) is 8.72. The number of benzene rings is 1. The third kappa shape index (κ3) is 3.19. The van der Waals surface area contributed by atoms with E-state index in [1.54, 1.807) is 12.1 Å². The van der Waals surface area contributed by atoms with Gasteiger partial charge in [0.05, 0.1) is 12.7 Å². The molecule has 20 heavy (non-hydrogen) atoms. The van der Waals surface area contributed by atoms with Crippen molar-refractivity contribution in [3.63, 3.8) is 0 Å². The minimum absolute atomic E-state index is 0.180. The lowest BCUT2D eigenvalue weighted by atomic mass is 10.2. The van der Waals surface area contributed by atoms with Crippen LogP contribution < -0.4 is 10.9 Å². The first-order valence-corrected chi connectivity index (χ1v) is 6.28. The molecule has 104 valence electrons. The zero-order valence-electron chi connectivity index (χ0n) is 10.8. The number of esters is 1. The van der Waals surface area contributed by atoms with E-state index in [9.17, 15) is 9.59 Å². The van der Waals surface area contributed by atoms with Crippen LogP contribution in [0.2, 0.25) is 5.02 Å². The molecule has 1 heterocycles. The molecule has 0 spiro atoms. The van der Waals surface area contributed by atoms with Crippen molar-refractivity contribution in [2.45, 2.75) is 6.54 Å². The molecule has 6 heteroatoms. The van der Waals surface area contributed by atoms with Crippen LogP contribution in [0.15, 0.2) is 41.3 Å². The number of H-pyrrole nitrogens is 1. The molecule has 2 N–H and O–H groups in total. The van der Waals surface area contributed by atoms with Gasteiger partial charge >= 0.3 is 5.97 Å². The Balaban J connectivity index is 2.25. The van der Waals surface area contributed by atoms with Gasteiger partial charge in [-0.25, -0.2) is 4.79 Å². The van der Waals surface area contributed by atoms with Crippen molar-refractivity contribution in [1.29, 1.82) is 0 Å². The second kappa shape index (κ2) is 6.25. The maximum absolute atomic E-state index is 11.8. The monoisotopic (exact) mass is 292 g/mol. The van der Waals surface area contributed by atoms with E-state index in [1.165, 1.54) is 19.4 Å². The van der Waals surface area contributed by atoms with Gasteiger partial charge in [0, 0.05) is 17.8 Å². The normalized spacial score (nSPS) is 10.1. The number of aromatic nitrogens is 1. The maximum Gasteiger partial charge on any atom is 0.340 e. The van der Waals surface area contributed by atoms with E-state index in [1.807, 2.05) is 12.1 Å². The number of hydrogen-bond acceptors (Lipinski definition) is 4. The number of ether oxygens (including phenoxy) is 1. The fraction of sp³-hybridized carbons (Fsp3) is 0.143. The summed E-state index contributed by atoms with van der Waals surface area (Å²) in [5.41, 5.74) is 0.893. The Morgan fingerprint density at radius 1 is 1.40 bits per heavy atom. The van der Waals surface area contributed by atoms with Crippen molar-refractivity contribution < 1.29 is 9.53 Å². The lowest BCUT2D eigenvalue weighted by Gasteiger charge is -2.09. The van der Waals surface area contributed by atoms with E-state index in [-0.39, 0.29) is 16.8 Å². The number of carbonyl (C=O) groups is 1. The van der Waals surface area contributed by atoms with Crippen LogP contribution in [-0.2, 0) is 11.3 Å². The Kier molecular flexibility index (Phi) is 4.42. The van der Waals surface area contributed by atoms with Crippen LogP contribution >= 0.6 is 11.6 Å². The van der Waals surface area contributed by atoms with Gasteiger partial charge in [-0.3, -0.25) is 4.79 Å². The molecule has 0 unspecified atom stereocenters.